The van der Waals surface area contributed by atoms with Crippen LogP contribution >= 0.6 is 23.2 Å². The summed E-state index contributed by atoms with van der Waals surface area (Å²) in [4.78, 5) is 23.3. The third-order valence-electron chi connectivity index (χ3n) is 3.00. The minimum absolute atomic E-state index is 0.0100. The Hall–Kier alpha value is -2.31. The lowest BCUT2D eigenvalue weighted by molar-refractivity contribution is -0.149. The van der Waals surface area contributed by atoms with Crippen LogP contribution in [0.15, 0.2) is 36.4 Å². The molecule has 2 rings (SSSR count). The minimum Gasteiger partial charge on any atom is -0.480 e. The maximum absolute atomic E-state index is 13.6. The molecular weight excluding hydrogens is 372 g/mol. The number of hydrogen-bond donors (Lipinski definition) is 1. The molecule has 0 aromatic heterocycles. The smallest absolute Gasteiger partial charge is 0.344 e. The van der Waals surface area contributed by atoms with Gasteiger partial charge in [0.1, 0.15) is 11.6 Å². The minimum atomic E-state index is -0.773. The number of nitrogens with one attached hydrogen (secondary N) is 1. The summed E-state index contributed by atoms with van der Waals surface area (Å²) in [5.74, 6) is -1.75. The standard InChI is InChI=1S/C17H14Cl2FNO4/c1-10-2-4-14(13(20)6-10)21-16(22)8-25-17(23)9-24-15-5-3-11(18)7-12(15)19/h2-7H,8-9H2,1H3,(H,21,22). The molecule has 0 aliphatic carbocycles. The van der Waals surface area contributed by atoms with Crippen LogP contribution in [0.2, 0.25) is 10.0 Å². The van der Waals surface area contributed by atoms with Crippen LogP contribution in [-0.2, 0) is 14.3 Å². The lowest BCUT2D eigenvalue weighted by Crippen LogP contribution is -2.24. The van der Waals surface area contributed by atoms with E-state index in [0.29, 0.717) is 5.02 Å². The number of ether oxygens (including phenoxy) is 2. The first-order chi connectivity index (χ1) is 11.8. The monoisotopic (exact) mass is 385 g/mol. The average molecular weight is 386 g/mol. The molecule has 1 amide bonds. The Morgan fingerprint density at radius 2 is 1.88 bits per heavy atom. The predicted molar refractivity (Wildman–Crippen MR) is 92.7 cm³/mol. The van der Waals surface area contributed by atoms with Crippen molar-refractivity contribution >= 4 is 40.8 Å². The predicted octanol–water partition coefficient (Wildman–Crippen LogP) is 4.00. The average Bonchev–Trinajstić information content (AvgIpc) is 2.55. The van der Waals surface area contributed by atoms with Gasteiger partial charge >= 0.3 is 5.97 Å². The molecule has 0 radical (unpaired) electrons. The quantitative estimate of drug-likeness (QED) is 0.763. The number of halogens is 3. The molecule has 0 unspecified atom stereocenters. The topological polar surface area (TPSA) is 64.6 Å². The maximum atomic E-state index is 13.6. The number of hydrogen-bond acceptors (Lipinski definition) is 4. The zero-order chi connectivity index (χ0) is 18.4. The van der Waals surface area contributed by atoms with Crippen LogP contribution in [-0.4, -0.2) is 25.1 Å². The van der Waals surface area contributed by atoms with Gasteiger partial charge in [-0.15, -0.1) is 0 Å². The normalized spacial score (nSPS) is 10.2. The summed E-state index contributed by atoms with van der Waals surface area (Å²) >= 11 is 11.6. The van der Waals surface area contributed by atoms with E-state index < -0.39 is 30.9 Å². The highest BCUT2D eigenvalue weighted by molar-refractivity contribution is 6.35. The molecule has 0 atom stereocenters. The molecular formula is C17H14Cl2FNO4. The van der Waals surface area contributed by atoms with Crippen molar-refractivity contribution in [1.29, 1.82) is 0 Å². The molecule has 132 valence electrons. The number of rotatable bonds is 6. The molecule has 0 saturated heterocycles. The molecule has 0 bridgehead atoms. The number of carbonyl (C=O) groups excluding carboxylic acids is 2. The zero-order valence-electron chi connectivity index (χ0n) is 13.1. The van der Waals surface area contributed by atoms with Crippen LogP contribution in [0.3, 0.4) is 0 Å². The van der Waals surface area contributed by atoms with E-state index in [0.717, 1.165) is 5.56 Å². The summed E-state index contributed by atoms with van der Waals surface area (Å²) in [5.41, 5.74) is 0.732. The number of benzene rings is 2. The van der Waals surface area contributed by atoms with E-state index in [1.54, 1.807) is 19.1 Å². The highest BCUT2D eigenvalue weighted by atomic mass is 35.5. The number of esters is 1. The molecule has 0 heterocycles. The van der Waals surface area contributed by atoms with Crippen molar-refractivity contribution in [3.63, 3.8) is 0 Å². The van der Waals surface area contributed by atoms with Crippen LogP contribution < -0.4 is 10.1 Å². The molecule has 0 saturated carbocycles. The Kier molecular flexibility index (Phi) is 6.61. The highest BCUT2D eigenvalue weighted by Crippen LogP contribution is 2.27. The molecule has 2 aromatic carbocycles. The number of carbonyl (C=O) groups is 2. The van der Waals surface area contributed by atoms with Gasteiger partial charge in [0.05, 0.1) is 10.7 Å². The van der Waals surface area contributed by atoms with Crippen molar-refractivity contribution in [3.05, 3.63) is 57.8 Å². The molecule has 0 aliphatic rings. The van der Waals surface area contributed by atoms with Gasteiger partial charge in [-0.2, -0.15) is 0 Å². The van der Waals surface area contributed by atoms with Crippen molar-refractivity contribution in [2.45, 2.75) is 6.92 Å². The van der Waals surface area contributed by atoms with Gasteiger partial charge in [-0.1, -0.05) is 29.3 Å². The summed E-state index contributed by atoms with van der Waals surface area (Å²) in [5, 5.41) is 2.99. The zero-order valence-corrected chi connectivity index (χ0v) is 14.7. The molecule has 0 spiro atoms. The third kappa shape index (κ3) is 5.92. The Bertz CT molecular complexity index is 798. The second kappa shape index (κ2) is 8.69. The first kappa shape index (κ1) is 19.0. The summed E-state index contributed by atoms with van der Waals surface area (Å²) in [6, 6.07) is 8.88. The van der Waals surface area contributed by atoms with Crippen LogP contribution in [0.4, 0.5) is 10.1 Å². The van der Waals surface area contributed by atoms with E-state index in [2.05, 4.69) is 5.32 Å². The maximum Gasteiger partial charge on any atom is 0.344 e. The first-order valence-corrected chi connectivity index (χ1v) is 7.90. The van der Waals surface area contributed by atoms with E-state index >= 15 is 0 Å². The molecule has 25 heavy (non-hydrogen) atoms. The van der Waals surface area contributed by atoms with E-state index in [-0.39, 0.29) is 16.5 Å². The SMILES string of the molecule is Cc1ccc(NC(=O)COC(=O)COc2ccc(Cl)cc2Cl)c(F)c1. The molecule has 0 fully saturated rings. The van der Waals surface area contributed by atoms with Gasteiger partial charge in [0.15, 0.2) is 13.2 Å². The van der Waals surface area contributed by atoms with Crippen molar-refractivity contribution in [2.75, 3.05) is 18.5 Å². The van der Waals surface area contributed by atoms with Crippen LogP contribution in [0.25, 0.3) is 0 Å². The Balaban J connectivity index is 1.78. The fourth-order valence-electron chi connectivity index (χ4n) is 1.82. The highest BCUT2D eigenvalue weighted by Gasteiger charge is 2.12. The number of anilines is 1. The van der Waals surface area contributed by atoms with Gasteiger partial charge in [-0.05, 0) is 42.8 Å². The van der Waals surface area contributed by atoms with E-state index in [1.165, 1.54) is 24.3 Å². The lowest BCUT2D eigenvalue weighted by atomic mass is 10.2. The molecule has 1 N–H and O–H groups in total. The Morgan fingerprint density at radius 3 is 2.56 bits per heavy atom. The van der Waals surface area contributed by atoms with Gasteiger partial charge in [0, 0.05) is 5.02 Å². The summed E-state index contributed by atoms with van der Waals surface area (Å²) in [7, 11) is 0. The fourth-order valence-corrected chi connectivity index (χ4v) is 2.29. The van der Waals surface area contributed by atoms with Crippen LogP contribution in [0, 0.1) is 12.7 Å². The van der Waals surface area contributed by atoms with Gasteiger partial charge in [0.25, 0.3) is 5.91 Å². The molecule has 8 heteroatoms. The van der Waals surface area contributed by atoms with E-state index in [4.69, 9.17) is 32.7 Å². The number of amides is 1. The summed E-state index contributed by atoms with van der Waals surface area (Å²) in [6.07, 6.45) is 0. The summed E-state index contributed by atoms with van der Waals surface area (Å²) in [6.45, 7) is 0.723. The molecule has 2 aromatic rings. The van der Waals surface area contributed by atoms with Crippen LogP contribution in [0.5, 0.6) is 5.75 Å². The number of aryl methyl sites for hydroxylation is 1. The van der Waals surface area contributed by atoms with Crippen molar-refractivity contribution in [1.82, 2.24) is 0 Å². The Labute approximate surface area is 153 Å². The van der Waals surface area contributed by atoms with Gasteiger partial charge in [-0.25, -0.2) is 9.18 Å². The molecule has 0 aliphatic heterocycles. The van der Waals surface area contributed by atoms with Gasteiger partial charge in [-0.3, -0.25) is 4.79 Å². The van der Waals surface area contributed by atoms with E-state index in [9.17, 15) is 14.0 Å². The Morgan fingerprint density at radius 1 is 1.12 bits per heavy atom. The van der Waals surface area contributed by atoms with Gasteiger partial charge in [0.2, 0.25) is 0 Å². The van der Waals surface area contributed by atoms with Crippen molar-refractivity contribution < 1.29 is 23.5 Å². The van der Waals surface area contributed by atoms with Crippen molar-refractivity contribution in [2.24, 2.45) is 0 Å². The largest absolute Gasteiger partial charge is 0.480 e. The van der Waals surface area contributed by atoms with Crippen molar-refractivity contribution in [3.8, 4) is 5.75 Å². The second-order valence-electron chi connectivity index (χ2n) is 5.06. The fraction of sp³-hybridized carbons (Fsp3) is 0.176. The third-order valence-corrected chi connectivity index (χ3v) is 3.53. The van der Waals surface area contributed by atoms with E-state index in [1.807, 2.05) is 0 Å². The lowest BCUT2D eigenvalue weighted by Gasteiger charge is -2.09. The molecule has 5 nitrogen and oxygen atoms in total. The van der Waals surface area contributed by atoms with Crippen LogP contribution in [0.1, 0.15) is 5.56 Å². The van der Waals surface area contributed by atoms with Gasteiger partial charge < -0.3 is 14.8 Å². The first-order valence-electron chi connectivity index (χ1n) is 7.14. The second-order valence-corrected chi connectivity index (χ2v) is 5.90. The summed E-state index contributed by atoms with van der Waals surface area (Å²) < 4.78 is 23.6.